The lowest BCUT2D eigenvalue weighted by Gasteiger charge is -2.22. The minimum atomic E-state index is -0.239. The van der Waals surface area contributed by atoms with Crippen molar-refractivity contribution >= 4 is 33.3 Å². The summed E-state index contributed by atoms with van der Waals surface area (Å²) in [5, 5.41) is 9.90. The third kappa shape index (κ3) is 2.34. The van der Waals surface area contributed by atoms with Gasteiger partial charge in [0, 0.05) is 7.05 Å². The topological polar surface area (TPSA) is 92.3 Å². The molecule has 6 nitrogen and oxygen atoms in total. The summed E-state index contributed by atoms with van der Waals surface area (Å²) < 4.78 is 0. The van der Waals surface area contributed by atoms with Crippen LogP contribution in [0.2, 0.25) is 0 Å². The Morgan fingerprint density at radius 3 is 2.70 bits per heavy atom. The first-order chi connectivity index (χ1) is 9.36. The van der Waals surface area contributed by atoms with Gasteiger partial charge in [-0.25, -0.2) is 9.97 Å². The Bertz CT molecular complexity index is 668. The Balaban J connectivity index is 2.53. The molecular weight excluding hydrogens is 276 g/mol. The molecule has 0 aliphatic carbocycles. The molecule has 1 amide bonds. The molecule has 2 heterocycles. The molecule has 0 bridgehead atoms. The lowest BCUT2D eigenvalue weighted by Crippen LogP contribution is -2.37. The Morgan fingerprint density at radius 2 is 2.10 bits per heavy atom. The van der Waals surface area contributed by atoms with Crippen molar-refractivity contribution in [3.05, 3.63) is 16.3 Å². The lowest BCUT2D eigenvalue weighted by molar-refractivity contribution is 0.0686. The Hall–Kier alpha value is -1.73. The molecule has 20 heavy (non-hydrogen) atoms. The van der Waals surface area contributed by atoms with Crippen LogP contribution in [0.15, 0.2) is 0 Å². The van der Waals surface area contributed by atoms with Crippen molar-refractivity contribution in [1.29, 1.82) is 0 Å². The number of amides is 1. The van der Waals surface area contributed by atoms with Gasteiger partial charge in [0.25, 0.3) is 5.91 Å². The van der Waals surface area contributed by atoms with Crippen LogP contribution in [0.25, 0.3) is 10.2 Å². The standard InChI is InChI=1S/C13H18N4O2S/c1-6(5-18)17(4)13(19)10-7(2)9-11(14)15-8(3)16-12(9)20-10/h6,18H,5H2,1-4H3,(H2,14,15,16). The molecule has 2 aromatic heterocycles. The average Bonchev–Trinajstić information content (AvgIpc) is 2.73. The largest absolute Gasteiger partial charge is 0.394 e. The van der Waals surface area contributed by atoms with E-state index >= 15 is 0 Å². The van der Waals surface area contributed by atoms with Crippen molar-refractivity contribution in [2.75, 3.05) is 19.4 Å². The summed E-state index contributed by atoms with van der Waals surface area (Å²) in [4.78, 5) is 23.8. The molecule has 0 aliphatic heterocycles. The van der Waals surface area contributed by atoms with E-state index in [1.807, 2.05) is 6.92 Å². The molecule has 2 aromatic rings. The molecule has 2 rings (SSSR count). The van der Waals surface area contributed by atoms with E-state index in [1.165, 1.54) is 16.2 Å². The number of anilines is 1. The number of thiophene rings is 1. The fourth-order valence-electron chi connectivity index (χ4n) is 1.97. The number of nitrogens with zero attached hydrogens (tertiary/aromatic N) is 3. The number of carbonyl (C=O) groups excluding carboxylic acids is 1. The molecule has 0 aromatic carbocycles. The van der Waals surface area contributed by atoms with Crippen LogP contribution in [0, 0.1) is 13.8 Å². The zero-order chi connectivity index (χ0) is 15.0. The highest BCUT2D eigenvalue weighted by Crippen LogP contribution is 2.33. The van der Waals surface area contributed by atoms with Gasteiger partial charge in [-0.15, -0.1) is 11.3 Å². The van der Waals surface area contributed by atoms with E-state index in [4.69, 9.17) is 10.8 Å². The summed E-state index contributed by atoms with van der Waals surface area (Å²) in [6.07, 6.45) is 0. The quantitative estimate of drug-likeness (QED) is 0.891. The number of fused-ring (bicyclic) bond motifs is 1. The van der Waals surface area contributed by atoms with E-state index in [1.54, 1.807) is 20.9 Å². The molecular formula is C13H18N4O2S. The third-order valence-corrected chi connectivity index (χ3v) is 4.54. The number of aliphatic hydroxyl groups excluding tert-OH is 1. The SMILES string of the molecule is Cc1nc(N)c2c(C)c(C(=O)N(C)C(C)CO)sc2n1. The van der Waals surface area contributed by atoms with Gasteiger partial charge in [-0.05, 0) is 26.3 Å². The minimum absolute atomic E-state index is 0.0762. The van der Waals surface area contributed by atoms with E-state index in [9.17, 15) is 4.79 Å². The van der Waals surface area contributed by atoms with Crippen molar-refractivity contribution in [3.8, 4) is 0 Å². The molecule has 7 heteroatoms. The number of nitrogens with two attached hydrogens (primary N) is 1. The highest BCUT2D eigenvalue weighted by atomic mass is 32.1. The van der Waals surface area contributed by atoms with Gasteiger partial charge in [-0.3, -0.25) is 4.79 Å². The van der Waals surface area contributed by atoms with Crippen molar-refractivity contribution in [2.24, 2.45) is 0 Å². The summed E-state index contributed by atoms with van der Waals surface area (Å²) in [5.41, 5.74) is 6.72. The number of carbonyl (C=O) groups is 1. The van der Waals surface area contributed by atoms with Crippen LogP contribution < -0.4 is 5.73 Å². The first-order valence-electron chi connectivity index (χ1n) is 6.28. The number of hydrogen-bond acceptors (Lipinski definition) is 6. The number of likely N-dealkylation sites (N-methyl/N-ethyl adjacent to an activating group) is 1. The number of nitrogen functional groups attached to an aromatic ring is 1. The summed E-state index contributed by atoms with van der Waals surface area (Å²) in [7, 11) is 1.67. The molecule has 0 radical (unpaired) electrons. The van der Waals surface area contributed by atoms with Crippen LogP contribution in [0.3, 0.4) is 0 Å². The maximum absolute atomic E-state index is 12.5. The molecule has 0 fully saturated rings. The summed E-state index contributed by atoms with van der Waals surface area (Å²) >= 11 is 1.31. The van der Waals surface area contributed by atoms with E-state index < -0.39 is 0 Å². The zero-order valence-electron chi connectivity index (χ0n) is 12.0. The smallest absolute Gasteiger partial charge is 0.264 e. The van der Waals surface area contributed by atoms with Crippen LogP contribution in [0.4, 0.5) is 5.82 Å². The number of rotatable bonds is 3. The van der Waals surface area contributed by atoms with E-state index in [0.717, 1.165) is 15.8 Å². The highest BCUT2D eigenvalue weighted by molar-refractivity contribution is 7.20. The predicted molar refractivity (Wildman–Crippen MR) is 79.9 cm³/mol. The van der Waals surface area contributed by atoms with Gasteiger partial charge in [0.1, 0.15) is 16.5 Å². The van der Waals surface area contributed by atoms with Gasteiger partial charge in [0.05, 0.1) is 22.9 Å². The normalized spacial score (nSPS) is 12.7. The van der Waals surface area contributed by atoms with Gasteiger partial charge < -0.3 is 15.7 Å². The Kier molecular flexibility index (Phi) is 3.92. The molecule has 108 valence electrons. The summed E-state index contributed by atoms with van der Waals surface area (Å²) in [5.74, 6) is 0.856. The number of hydrogen-bond donors (Lipinski definition) is 2. The Morgan fingerprint density at radius 1 is 1.45 bits per heavy atom. The van der Waals surface area contributed by atoms with E-state index in [-0.39, 0.29) is 18.6 Å². The number of aryl methyl sites for hydroxylation is 2. The molecule has 0 spiro atoms. The predicted octanol–water partition coefficient (Wildman–Crippen LogP) is 1.34. The van der Waals surface area contributed by atoms with Gasteiger partial charge in [0.15, 0.2) is 0 Å². The van der Waals surface area contributed by atoms with Crippen LogP contribution in [-0.4, -0.2) is 45.6 Å². The third-order valence-electron chi connectivity index (χ3n) is 3.37. The fourth-order valence-corrected chi connectivity index (χ4v) is 3.18. The first kappa shape index (κ1) is 14.7. The molecule has 0 saturated carbocycles. The van der Waals surface area contributed by atoms with Crippen LogP contribution >= 0.6 is 11.3 Å². The second kappa shape index (κ2) is 5.34. The number of aliphatic hydroxyl groups is 1. The van der Waals surface area contributed by atoms with Crippen molar-refractivity contribution < 1.29 is 9.90 Å². The van der Waals surface area contributed by atoms with Gasteiger partial charge in [-0.2, -0.15) is 0 Å². The second-order valence-corrected chi connectivity index (χ2v) is 5.84. The van der Waals surface area contributed by atoms with E-state index in [2.05, 4.69) is 9.97 Å². The monoisotopic (exact) mass is 294 g/mol. The second-order valence-electron chi connectivity index (χ2n) is 4.84. The van der Waals surface area contributed by atoms with E-state index in [0.29, 0.717) is 16.5 Å². The molecule has 1 unspecified atom stereocenters. The summed E-state index contributed by atoms with van der Waals surface area (Å²) in [6.45, 7) is 5.33. The van der Waals surface area contributed by atoms with Gasteiger partial charge >= 0.3 is 0 Å². The van der Waals surface area contributed by atoms with Crippen LogP contribution in [-0.2, 0) is 0 Å². The molecule has 3 N–H and O–H groups in total. The molecule has 1 atom stereocenters. The number of aromatic nitrogens is 2. The average molecular weight is 294 g/mol. The molecule has 0 saturated heterocycles. The van der Waals surface area contributed by atoms with Crippen LogP contribution in [0.5, 0.6) is 0 Å². The maximum atomic E-state index is 12.5. The maximum Gasteiger partial charge on any atom is 0.264 e. The van der Waals surface area contributed by atoms with Crippen molar-refractivity contribution in [3.63, 3.8) is 0 Å². The zero-order valence-corrected chi connectivity index (χ0v) is 12.8. The van der Waals surface area contributed by atoms with Crippen LogP contribution in [0.1, 0.15) is 28.0 Å². The van der Waals surface area contributed by atoms with Crippen molar-refractivity contribution in [2.45, 2.75) is 26.8 Å². The fraction of sp³-hybridized carbons (Fsp3) is 0.462. The van der Waals surface area contributed by atoms with Gasteiger partial charge in [0.2, 0.25) is 0 Å². The van der Waals surface area contributed by atoms with Crippen molar-refractivity contribution in [1.82, 2.24) is 14.9 Å². The molecule has 0 aliphatic rings. The lowest BCUT2D eigenvalue weighted by atomic mass is 10.2. The Labute approximate surface area is 121 Å². The highest BCUT2D eigenvalue weighted by Gasteiger charge is 2.23. The summed E-state index contributed by atoms with van der Waals surface area (Å²) in [6, 6.07) is -0.239. The first-order valence-corrected chi connectivity index (χ1v) is 7.09. The minimum Gasteiger partial charge on any atom is -0.394 e. The van der Waals surface area contributed by atoms with Gasteiger partial charge in [-0.1, -0.05) is 0 Å².